The number of aromatic nitrogens is 5. The molecule has 7 aromatic carbocycles. The lowest BCUT2D eigenvalue weighted by molar-refractivity contribution is 0.953. The Balaban J connectivity index is 1.30. The predicted octanol–water partition coefficient (Wildman–Crippen LogP) is 11.1. The van der Waals surface area contributed by atoms with Gasteiger partial charge in [0.15, 0.2) is 11.6 Å². The molecule has 0 unspecified atom stereocenters. The van der Waals surface area contributed by atoms with Gasteiger partial charge in [-0.05, 0) is 35.4 Å². The molecule has 0 aliphatic heterocycles. The third kappa shape index (κ3) is 4.45. The van der Waals surface area contributed by atoms with Crippen LogP contribution in [0.2, 0.25) is 0 Å². The molecular weight excluding hydrogens is 611 g/mol. The minimum Gasteiger partial charge on any atom is -0.307 e. The summed E-state index contributed by atoms with van der Waals surface area (Å²) in [5.41, 5.74) is 5.93. The zero-order valence-electron chi connectivity index (χ0n) is 33.4. The van der Waals surface area contributed by atoms with Crippen LogP contribution in [0.15, 0.2) is 176 Å². The highest BCUT2D eigenvalue weighted by atomic mass is 15.2. The molecule has 0 bridgehead atoms. The van der Waals surface area contributed by atoms with Crippen molar-refractivity contribution < 1.29 is 9.60 Å². The second-order valence-corrected chi connectivity index (χ2v) is 12.0. The summed E-state index contributed by atoms with van der Waals surface area (Å²) in [7, 11) is 0. The van der Waals surface area contributed by atoms with E-state index in [0.29, 0.717) is 45.0 Å². The minimum absolute atomic E-state index is 0.101. The number of fused-ring (bicyclic) bond motifs is 7. The van der Waals surface area contributed by atoms with Gasteiger partial charge in [-0.25, -0.2) is 4.98 Å². The van der Waals surface area contributed by atoms with Gasteiger partial charge < -0.3 is 4.57 Å². The number of nitrogens with zero attached hydrogens (tertiary/aromatic N) is 5. The van der Waals surface area contributed by atoms with E-state index in [4.69, 9.17) is 21.8 Å². The molecule has 0 fully saturated rings. The first-order chi connectivity index (χ1) is 27.7. The topological polar surface area (TPSA) is 48.5 Å². The van der Waals surface area contributed by atoms with Gasteiger partial charge in [0.2, 0.25) is 5.95 Å². The van der Waals surface area contributed by atoms with Gasteiger partial charge in [0.1, 0.15) is 0 Å². The second kappa shape index (κ2) is 11.4. The van der Waals surface area contributed by atoms with E-state index in [-0.39, 0.29) is 29.7 Å². The lowest BCUT2D eigenvalue weighted by Crippen LogP contribution is -2.07. The first kappa shape index (κ1) is 21.9. The highest BCUT2D eigenvalue weighted by Gasteiger charge is 2.23. The minimum atomic E-state index is -0.445. The quantitative estimate of drug-likeness (QED) is 0.187. The summed E-state index contributed by atoms with van der Waals surface area (Å²) in [6.07, 6.45) is 0. The Morgan fingerprint density at radius 1 is 0.380 bits per heavy atom. The summed E-state index contributed by atoms with van der Waals surface area (Å²) in [4.78, 5) is 15.2. The summed E-state index contributed by atoms with van der Waals surface area (Å²) >= 11 is 0. The van der Waals surface area contributed by atoms with Crippen LogP contribution in [0.4, 0.5) is 0 Å². The van der Waals surface area contributed by atoms with E-state index in [0.717, 1.165) is 38.6 Å². The van der Waals surface area contributed by atoms with Crippen LogP contribution in [0.5, 0.6) is 0 Å². The Hall–Kier alpha value is -6.85. The molecule has 0 saturated heterocycles. The second-order valence-electron chi connectivity index (χ2n) is 12.0. The fourth-order valence-corrected chi connectivity index (χ4v) is 6.85. The fraction of sp³-hybridized carbons (Fsp3) is 0. The van der Waals surface area contributed by atoms with E-state index in [1.54, 1.807) is 24.3 Å². The third-order valence-corrected chi connectivity index (χ3v) is 9.09. The van der Waals surface area contributed by atoms with Crippen molar-refractivity contribution in [2.75, 3.05) is 0 Å². The van der Waals surface area contributed by atoms with E-state index >= 15 is 0 Å². The lowest BCUT2D eigenvalue weighted by Gasteiger charge is -2.13. The maximum atomic E-state index is 9.51. The maximum absolute atomic E-state index is 9.51. The third-order valence-electron chi connectivity index (χ3n) is 9.09. The van der Waals surface area contributed by atoms with Crippen molar-refractivity contribution in [3.05, 3.63) is 176 Å². The Kier molecular flexibility index (Phi) is 4.99. The molecule has 0 spiro atoms. The van der Waals surface area contributed by atoms with Crippen molar-refractivity contribution in [1.82, 2.24) is 24.1 Å². The molecule has 0 atom stereocenters. The number of rotatable bonds is 5. The van der Waals surface area contributed by atoms with Gasteiger partial charge in [-0.3, -0.25) is 4.57 Å². The van der Waals surface area contributed by atoms with Crippen molar-refractivity contribution in [2.24, 2.45) is 0 Å². The number of hydrogen-bond donors (Lipinski definition) is 0. The molecule has 5 nitrogen and oxygen atoms in total. The van der Waals surface area contributed by atoms with Crippen molar-refractivity contribution >= 4 is 43.6 Å². The molecule has 3 heterocycles. The first-order valence-corrected chi connectivity index (χ1v) is 16.2. The van der Waals surface area contributed by atoms with Crippen LogP contribution in [0.25, 0.3) is 89.2 Å². The van der Waals surface area contributed by atoms with E-state index in [9.17, 15) is 2.74 Å². The Labute approximate surface area is 298 Å². The zero-order chi connectivity index (χ0) is 39.1. The van der Waals surface area contributed by atoms with E-state index in [1.807, 2.05) is 114 Å². The standard InChI is InChI=1S/C45H29N5/c1-4-14-30(15-5-1)31-24-26-33(27-25-31)44-46-43(32-16-6-2-7-17-32)47-45(48-44)50-40-23-13-11-21-36(40)38-29-28-37-35-20-10-12-22-39(35)49(41(37)42(38)50)34-18-8-3-9-19-34/h1-29H/i1D,4D,5D,14D,15D,28D,29D. The van der Waals surface area contributed by atoms with Crippen LogP contribution in [-0.2, 0) is 0 Å². The van der Waals surface area contributed by atoms with Crippen LogP contribution in [0.1, 0.15) is 9.60 Å². The highest BCUT2D eigenvalue weighted by molar-refractivity contribution is 6.23. The van der Waals surface area contributed by atoms with Crippen molar-refractivity contribution in [3.8, 4) is 45.5 Å². The zero-order valence-corrected chi connectivity index (χ0v) is 26.4. The normalized spacial score (nSPS) is 13.6. The smallest absolute Gasteiger partial charge is 0.238 e. The number of hydrogen-bond acceptors (Lipinski definition) is 3. The summed E-state index contributed by atoms with van der Waals surface area (Å²) in [5.74, 6) is 1.07. The van der Waals surface area contributed by atoms with E-state index in [1.165, 1.54) is 0 Å². The van der Waals surface area contributed by atoms with Crippen molar-refractivity contribution in [1.29, 1.82) is 0 Å². The maximum Gasteiger partial charge on any atom is 0.238 e. The fourth-order valence-electron chi connectivity index (χ4n) is 6.85. The molecular formula is C45H29N5. The Morgan fingerprint density at radius 2 is 0.880 bits per heavy atom. The number of benzene rings is 7. The molecule has 0 saturated carbocycles. The van der Waals surface area contributed by atoms with Crippen LogP contribution >= 0.6 is 0 Å². The Bertz CT molecular complexity index is 3220. The highest BCUT2D eigenvalue weighted by Crippen LogP contribution is 2.41. The lowest BCUT2D eigenvalue weighted by atomic mass is 10.0. The van der Waals surface area contributed by atoms with Gasteiger partial charge in [0.05, 0.1) is 31.7 Å². The van der Waals surface area contributed by atoms with Gasteiger partial charge >= 0.3 is 0 Å². The molecule has 0 amide bonds. The summed E-state index contributed by atoms with van der Waals surface area (Å²) in [6.45, 7) is 0. The average molecular weight is 647 g/mol. The summed E-state index contributed by atoms with van der Waals surface area (Å²) in [6, 6.07) is 40.8. The van der Waals surface area contributed by atoms with Gasteiger partial charge in [0, 0.05) is 38.4 Å². The van der Waals surface area contributed by atoms with Gasteiger partial charge in [-0.15, -0.1) is 0 Å². The molecule has 0 radical (unpaired) electrons. The summed E-state index contributed by atoms with van der Waals surface area (Å²) < 4.78 is 64.5. The van der Waals surface area contributed by atoms with Crippen LogP contribution in [0.3, 0.4) is 0 Å². The van der Waals surface area contributed by atoms with Crippen LogP contribution in [-0.4, -0.2) is 24.1 Å². The first-order valence-electron chi connectivity index (χ1n) is 19.7. The van der Waals surface area contributed by atoms with Gasteiger partial charge in [0.25, 0.3) is 0 Å². The number of para-hydroxylation sites is 3. The SMILES string of the molecule is [2H]c1c([2H])c([2H])c(-c2ccc(-c3nc(-c4ccccc4)nc(-n4c5ccccc5c5c([2H])c([2H])c6c7ccccc7n(-c7ccccc7)c6c54)n3)cc2)c([2H])c1[2H]. The molecule has 5 heteroatoms. The van der Waals surface area contributed by atoms with Crippen LogP contribution < -0.4 is 0 Å². The summed E-state index contributed by atoms with van der Waals surface area (Å²) in [5, 5.41) is 2.89. The van der Waals surface area contributed by atoms with E-state index in [2.05, 4.69) is 4.57 Å². The van der Waals surface area contributed by atoms with Crippen molar-refractivity contribution in [3.63, 3.8) is 0 Å². The predicted molar refractivity (Wildman–Crippen MR) is 205 cm³/mol. The molecule has 3 aromatic heterocycles. The Morgan fingerprint density at radius 3 is 1.52 bits per heavy atom. The molecule has 234 valence electrons. The molecule has 0 N–H and O–H groups in total. The molecule has 10 rings (SSSR count). The molecule has 50 heavy (non-hydrogen) atoms. The average Bonchev–Trinajstić information content (AvgIpc) is 3.79. The molecule has 0 aliphatic carbocycles. The largest absolute Gasteiger partial charge is 0.307 e. The van der Waals surface area contributed by atoms with Gasteiger partial charge in [-0.1, -0.05) is 151 Å². The molecule has 0 aliphatic rings. The van der Waals surface area contributed by atoms with E-state index < -0.39 is 18.1 Å². The van der Waals surface area contributed by atoms with Gasteiger partial charge in [-0.2, -0.15) is 9.97 Å². The molecule has 10 aromatic rings. The van der Waals surface area contributed by atoms with Crippen molar-refractivity contribution in [2.45, 2.75) is 0 Å². The monoisotopic (exact) mass is 646 g/mol. The van der Waals surface area contributed by atoms with Crippen LogP contribution in [0, 0.1) is 0 Å².